The lowest BCUT2D eigenvalue weighted by molar-refractivity contribution is -0.136. The number of carbonyl (C=O) groups is 1. The molecule has 128 valence electrons. The third-order valence-corrected chi connectivity index (χ3v) is 4.90. The number of hydrogen-bond donors (Lipinski definition) is 1. The zero-order chi connectivity index (χ0) is 17.3. The van der Waals surface area contributed by atoms with Gasteiger partial charge in [-0.3, -0.25) is 9.59 Å². The van der Waals surface area contributed by atoms with Crippen molar-refractivity contribution in [2.45, 2.75) is 39.3 Å². The Bertz CT molecular complexity index is 815. The number of nitrogens with zero attached hydrogens (tertiary/aromatic N) is 3. The number of benzene rings is 1. The van der Waals surface area contributed by atoms with E-state index in [-0.39, 0.29) is 36.6 Å². The van der Waals surface area contributed by atoms with Crippen molar-refractivity contribution < 1.29 is 9.90 Å². The summed E-state index contributed by atoms with van der Waals surface area (Å²) in [6.07, 6.45) is 1.80. The predicted octanol–water partition coefficient (Wildman–Crippen LogP) is 1.32. The van der Waals surface area contributed by atoms with E-state index in [2.05, 4.69) is 5.10 Å². The van der Waals surface area contributed by atoms with E-state index < -0.39 is 0 Å². The molecule has 2 heterocycles. The highest BCUT2D eigenvalue weighted by molar-refractivity contribution is 5.83. The maximum Gasteiger partial charge on any atom is 0.275 e. The van der Waals surface area contributed by atoms with Crippen LogP contribution in [0.5, 0.6) is 0 Å². The average Bonchev–Trinajstić information content (AvgIpc) is 2.60. The molecule has 3 rings (SSSR count). The summed E-state index contributed by atoms with van der Waals surface area (Å²) in [5, 5.41) is 15.1. The van der Waals surface area contributed by atoms with E-state index in [4.69, 9.17) is 0 Å². The molecule has 6 nitrogen and oxygen atoms in total. The van der Waals surface area contributed by atoms with Gasteiger partial charge in [-0.1, -0.05) is 18.2 Å². The van der Waals surface area contributed by atoms with Crippen LogP contribution >= 0.6 is 0 Å². The minimum absolute atomic E-state index is 0.0625. The van der Waals surface area contributed by atoms with Gasteiger partial charge in [-0.15, -0.1) is 0 Å². The lowest BCUT2D eigenvalue weighted by atomic mass is 9.94. The van der Waals surface area contributed by atoms with E-state index in [9.17, 15) is 14.7 Å². The van der Waals surface area contributed by atoms with Crippen LogP contribution in [0, 0.1) is 12.8 Å². The first-order valence-electron chi connectivity index (χ1n) is 8.38. The number of carbonyl (C=O) groups excluding carboxylic acids is 1. The van der Waals surface area contributed by atoms with Crippen molar-refractivity contribution in [2.24, 2.45) is 5.92 Å². The van der Waals surface area contributed by atoms with Crippen LogP contribution in [0.4, 0.5) is 0 Å². The topological polar surface area (TPSA) is 75.4 Å². The maximum absolute atomic E-state index is 12.7. The quantitative estimate of drug-likeness (QED) is 0.922. The Morgan fingerprint density at radius 1 is 1.29 bits per heavy atom. The molecule has 6 heteroatoms. The Morgan fingerprint density at radius 2 is 2.00 bits per heavy atom. The van der Waals surface area contributed by atoms with Crippen molar-refractivity contribution >= 4 is 16.7 Å². The molecule has 1 N–H and O–H groups in total. The molecule has 1 aliphatic heterocycles. The van der Waals surface area contributed by atoms with Gasteiger partial charge in [0.15, 0.2) is 0 Å². The summed E-state index contributed by atoms with van der Waals surface area (Å²) >= 11 is 0. The van der Waals surface area contributed by atoms with Crippen LogP contribution in [0.15, 0.2) is 29.1 Å². The second kappa shape index (κ2) is 6.73. The first-order chi connectivity index (χ1) is 11.5. The third kappa shape index (κ3) is 3.06. The Hall–Kier alpha value is -2.21. The molecule has 1 amide bonds. The van der Waals surface area contributed by atoms with Crippen LogP contribution in [0.25, 0.3) is 10.8 Å². The van der Waals surface area contributed by atoms with Crippen molar-refractivity contribution in [3.05, 3.63) is 40.3 Å². The Balaban J connectivity index is 1.88. The molecule has 24 heavy (non-hydrogen) atoms. The van der Waals surface area contributed by atoms with Crippen molar-refractivity contribution in [3.63, 3.8) is 0 Å². The normalized spacial score (nSPS) is 21.2. The van der Waals surface area contributed by atoms with Gasteiger partial charge in [0, 0.05) is 24.6 Å². The average molecular weight is 329 g/mol. The largest absolute Gasteiger partial charge is 0.396 e. The summed E-state index contributed by atoms with van der Waals surface area (Å²) in [6, 6.07) is 7.43. The van der Waals surface area contributed by atoms with Crippen molar-refractivity contribution in [2.75, 3.05) is 13.2 Å². The molecule has 0 bridgehead atoms. The first-order valence-corrected chi connectivity index (χ1v) is 8.38. The summed E-state index contributed by atoms with van der Waals surface area (Å²) in [6.45, 7) is 4.41. The third-order valence-electron chi connectivity index (χ3n) is 4.90. The summed E-state index contributed by atoms with van der Waals surface area (Å²) in [5.41, 5.74) is 0.492. The number of fused-ring (bicyclic) bond motifs is 1. The van der Waals surface area contributed by atoms with Gasteiger partial charge in [-0.25, -0.2) is 4.68 Å². The number of amides is 1. The summed E-state index contributed by atoms with van der Waals surface area (Å²) in [5.74, 6) is -0.00176. The van der Waals surface area contributed by atoms with Gasteiger partial charge in [-0.05, 0) is 38.7 Å². The molecule has 2 aromatic rings. The smallest absolute Gasteiger partial charge is 0.275 e. The van der Waals surface area contributed by atoms with Gasteiger partial charge in [-0.2, -0.15) is 5.10 Å². The first kappa shape index (κ1) is 16.6. The Morgan fingerprint density at radius 3 is 2.71 bits per heavy atom. The standard InChI is InChI=1S/C18H23N3O3/c1-12-7-8-14(11-22)9-20(12)17(23)10-21-18(24)16-6-4-3-5-15(16)13(2)19-21/h3-6,12,14,22H,7-11H2,1-2H3. The molecule has 0 radical (unpaired) electrons. The van der Waals surface area contributed by atoms with Crippen LogP contribution in [-0.4, -0.2) is 44.9 Å². The minimum Gasteiger partial charge on any atom is -0.396 e. The van der Waals surface area contributed by atoms with Crippen LogP contribution in [0.3, 0.4) is 0 Å². The SMILES string of the molecule is Cc1nn(CC(=O)N2CC(CO)CCC2C)c(=O)c2ccccc12. The molecule has 2 unspecified atom stereocenters. The van der Waals surface area contributed by atoms with Crippen LogP contribution in [0.2, 0.25) is 0 Å². The molecule has 1 aromatic carbocycles. The van der Waals surface area contributed by atoms with Gasteiger partial charge in [0.25, 0.3) is 5.56 Å². The summed E-state index contributed by atoms with van der Waals surface area (Å²) < 4.78 is 1.26. The van der Waals surface area contributed by atoms with Crippen molar-refractivity contribution in [1.29, 1.82) is 0 Å². The van der Waals surface area contributed by atoms with E-state index in [1.54, 1.807) is 11.0 Å². The molecular weight excluding hydrogens is 306 g/mol. The molecule has 0 spiro atoms. The number of rotatable bonds is 3. The molecule has 2 atom stereocenters. The number of hydrogen-bond acceptors (Lipinski definition) is 4. The molecule has 1 aliphatic rings. The van der Waals surface area contributed by atoms with Gasteiger partial charge in [0.05, 0.1) is 11.1 Å². The zero-order valence-electron chi connectivity index (χ0n) is 14.1. The van der Waals surface area contributed by atoms with E-state index >= 15 is 0 Å². The Labute approximate surface area is 140 Å². The minimum atomic E-state index is -0.243. The number of aryl methyl sites for hydroxylation is 1. The van der Waals surface area contributed by atoms with Gasteiger partial charge >= 0.3 is 0 Å². The van der Waals surface area contributed by atoms with Crippen LogP contribution < -0.4 is 5.56 Å². The van der Waals surface area contributed by atoms with E-state index in [0.29, 0.717) is 11.9 Å². The fourth-order valence-electron chi connectivity index (χ4n) is 3.41. The lowest BCUT2D eigenvalue weighted by Crippen LogP contribution is -2.48. The number of aliphatic hydroxyl groups excluding tert-OH is 1. The lowest BCUT2D eigenvalue weighted by Gasteiger charge is -2.37. The number of aliphatic hydroxyl groups is 1. The summed E-state index contributed by atoms with van der Waals surface area (Å²) in [4.78, 5) is 27.0. The van der Waals surface area contributed by atoms with E-state index in [1.807, 2.05) is 32.0 Å². The predicted molar refractivity (Wildman–Crippen MR) is 91.7 cm³/mol. The molecule has 1 aromatic heterocycles. The number of piperidine rings is 1. The van der Waals surface area contributed by atoms with Crippen molar-refractivity contribution in [3.8, 4) is 0 Å². The molecular formula is C18H23N3O3. The van der Waals surface area contributed by atoms with Crippen LogP contribution in [-0.2, 0) is 11.3 Å². The van der Waals surface area contributed by atoms with Gasteiger partial charge in [0.2, 0.25) is 5.91 Å². The molecule has 0 aliphatic carbocycles. The highest BCUT2D eigenvalue weighted by Crippen LogP contribution is 2.22. The van der Waals surface area contributed by atoms with Crippen molar-refractivity contribution in [1.82, 2.24) is 14.7 Å². The molecule has 1 fully saturated rings. The summed E-state index contributed by atoms with van der Waals surface area (Å²) in [7, 11) is 0. The molecule has 1 saturated heterocycles. The van der Waals surface area contributed by atoms with E-state index in [0.717, 1.165) is 23.9 Å². The fraction of sp³-hybridized carbons (Fsp3) is 0.500. The van der Waals surface area contributed by atoms with E-state index in [1.165, 1.54) is 4.68 Å². The second-order valence-corrected chi connectivity index (χ2v) is 6.61. The highest BCUT2D eigenvalue weighted by Gasteiger charge is 2.29. The maximum atomic E-state index is 12.7. The van der Waals surface area contributed by atoms with Gasteiger partial charge < -0.3 is 10.0 Å². The Kier molecular flexibility index (Phi) is 4.66. The highest BCUT2D eigenvalue weighted by atomic mass is 16.3. The van der Waals surface area contributed by atoms with Crippen LogP contribution in [0.1, 0.15) is 25.5 Å². The zero-order valence-corrected chi connectivity index (χ0v) is 14.1. The molecule has 0 saturated carbocycles. The monoisotopic (exact) mass is 329 g/mol. The number of aromatic nitrogens is 2. The van der Waals surface area contributed by atoms with Gasteiger partial charge in [0.1, 0.15) is 6.54 Å². The number of likely N-dealkylation sites (tertiary alicyclic amines) is 1. The second-order valence-electron chi connectivity index (χ2n) is 6.61. The fourth-order valence-corrected chi connectivity index (χ4v) is 3.41.